The summed E-state index contributed by atoms with van der Waals surface area (Å²) in [6.45, 7) is 0. The van der Waals surface area contributed by atoms with Crippen molar-refractivity contribution in [1.82, 2.24) is 0 Å². The van der Waals surface area contributed by atoms with Gasteiger partial charge >= 0.3 is 838 Å². The standard InChI is InChI=1S/6C12H10FI.3C12H10IO.O.Sb/c6*13-14(11-7-3-1-4-8-11)12-9-5-2-6-10-12;3*14-13(11-7-3-1-4-8-11)12-9-5-2-6-10-12;;/h9*1-10H;;/q;;;;;;3*-1;;+3. The van der Waals surface area contributed by atoms with Crippen molar-refractivity contribution < 1.29 is 24.2 Å². The number of hydrogen-bond acceptors (Lipinski definition) is 4. The summed E-state index contributed by atoms with van der Waals surface area (Å²) in [4.78, 5) is 0. The number of hydrogen-bond donors (Lipinski definition) is 0. The van der Waals surface area contributed by atoms with E-state index < -0.39 is 203 Å². The summed E-state index contributed by atoms with van der Waals surface area (Å²) in [5.41, 5.74) is 0. The second-order valence-corrected chi connectivity index (χ2v) is 72.6. The van der Waals surface area contributed by atoms with Gasteiger partial charge in [0, 0.05) is 0 Å². The number of rotatable bonds is 24. The molecule has 20 heteroatoms. The first-order chi connectivity index (χ1) is 62.9. The molecule has 0 aliphatic rings. The van der Waals surface area contributed by atoms with Gasteiger partial charge in [0.2, 0.25) is 0 Å². The first-order valence-electron chi connectivity index (χ1n) is 39.8. The van der Waals surface area contributed by atoms with E-state index in [4.69, 9.17) is 4.03 Å². The van der Waals surface area contributed by atoms with Gasteiger partial charge in [-0.3, -0.25) is 0 Å². The van der Waals surface area contributed by atoms with Crippen LogP contribution in [0.2, 0.25) is 0 Å². The SMILES string of the molecule is FI(c1ccccc1)c1ccccc1.FI(c1ccccc1)c1ccccc1.FI(c1ccccc1)c1ccccc1.FI(c1ccccc1)c1ccccc1.FI(c1ccccc1)c1ccccc1.FI(c1ccccc1)c1ccccc1.[O]=[Sb]([O]I(c1ccccc1)c1ccccc1)([O]I(c1ccccc1)c1ccccc1)[O]I(c1ccccc1)c1ccccc1. The van der Waals surface area contributed by atoms with Crippen LogP contribution >= 0.6 is 183 Å². The zero-order valence-electron chi connectivity index (χ0n) is 68.7. The molecule has 0 bridgehead atoms. The molecular formula is C108H90F6I9O4Sb. The van der Waals surface area contributed by atoms with E-state index in [1.165, 1.54) is 0 Å². The molecule has 18 rings (SSSR count). The van der Waals surface area contributed by atoms with Gasteiger partial charge in [0.05, 0.1) is 0 Å². The molecule has 18 aromatic rings. The fourth-order valence-electron chi connectivity index (χ4n) is 11.1. The van der Waals surface area contributed by atoms with Crippen LogP contribution < -0.4 is 0 Å². The summed E-state index contributed by atoms with van der Waals surface area (Å²) in [5, 5.41) is 0. The summed E-state index contributed by atoms with van der Waals surface area (Å²) >= 11 is -29.2. The Hall–Kier alpha value is -7.39. The Morgan fingerprint density at radius 3 is 0.273 bits per heavy atom. The van der Waals surface area contributed by atoms with Gasteiger partial charge < -0.3 is 0 Å². The van der Waals surface area contributed by atoms with Crippen molar-refractivity contribution >= 4 is 203 Å². The van der Waals surface area contributed by atoms with E-state index >= 15 is 3.02 Å². The van der Waals surface area contributed by atoms with E-state index in [1.54, 1.807) is 0 Å². The molecule has 0 fully saturated rings. The number of benzene rings is 18. The second-order valence-electron chi connectivity index (χ2n) is 26.1. The van der Waals surface area contributed by atoms with Gasteiger partial charge in [-0.15, -0.1) is 0 Å². The van der Waals surface area contributed by atoms with Crippen molar-refractivity contribution in [3.8, 4) is 0 Å². The van der Waals surface area contributed by atoms with E-state index in [0.717, 1.165) is 64.3 Å². The van der Waals surface area contributed by atoms with Gasteiger partial charge in [0.15, 0.2) is 0 Å². The Kier molecular flexibility index (Phi) is 44.0. The maximum atomic E-state index is 15.6. The monoisotopic (exact) mass is 2830 g/mol. The molecule has 0 unspecified atom stereocenters. The van der Waals surface area contributed by atoms with Gasteiger partial charge in [0.25, 0.3) is 0 Å². The third-order valence-corrected chi connectivity index (χ3v) is 70.3. The molecule has 0 heterocycles. The molecule has 0 amide bonds. The van der Waals surface area contributed by atoms with Crippen LogP contribution in [-0.4, -0.2) is 20.1 Å². The van der Waals surface area contributed by atoms with Crippen LogP contribution in [-0.2, 0) is 7.05 Å². The number of halogens is 15. The fourth-order valence-corrected chi connectivity index (χ4v) is 67.9. The molecule has 18 aromatic carbocycles. The van der Waals surface area contributed by atoms with Gasteiger partial charge in [-0.05, 0) is 0 Å². The molecule has 0 aromatic heterocycles. The van der Waals surface area contributed by atoms with E-state index in [-0.39, 0.29) is 0 Å². The minimum absolute atomic E-state index is 0.864. The van der Waals surface area contributed by atoms with E-state index in [0.29, 0.717) is 0 Å². The van der Waals surface area contributed by atoms with Gasteiger partial charge in [-0.25, -0.2) is 0 Å². The fraction of sp³-hybridized carbons (Fsp3) is 0. The molecule has 0 saturated carbocycles. The molecule has 0 saturated heterocycles. The molecular weight excluding hydrogens is 2740 g/mol. The van der Waals surface area contributed by atoms with Crippen LogP contribution in [0.15, 0.2) is 546 Å². The normalized spacial score (nSPS) is 11.5. The Labute approximate surface area is 825 Å². The van der Waals surface area contributed by atoms with Crippen LogP contribution in [0.3, 0.4) is 0 Å². The Balaban J connectivity index is 0.000000147. The van der Waals surface area contributed by atoms with Gasteiger partial charge in [0.1, 0.15) is 0 Å². The zero-order chi connectivity index (χ0) is 88.8. The first kappa shape index (κ1) is 99.6. The molecule has 0 radical (unpaired) electrons. The summed E-state index contributed by atoms with van der Waals surface area (Å²) < 4.78 is 137. The van der Waals surface area contributed by atoms with Gasteiger partial charge in [-0.2, -0.15) is 0 Å². The van der Waals surface area contributed by atoms with Crippen LogP contribution in [0.1, 0.15) is 0 Å². The van der Waals surface area contributed by atoms with Crippen molar-refractivity contribution in [2.75, 3.05) is 0 Å². The van der Waals surface area contributed by atoms with Crippen molar-refractivity contribution in [2.24, 2.45) is 0 Å². The maximum absolute atomic E-state index is 15.6. The quantitative estimate of drug-likeness (QED) is 0.0344. The average Bonchev–Trinajstić information content (AvgIpc) is 0.784. The Morgan fingerprint density at radius 2 is 0.195 bits per heavy atom. The molecule has 128 heavy (non-hydrogen) atoms. The molecule has 0 aliphatic carbocycles. The van der Waals surface area contributed by atoms with Crippen LogP contribution in [0.25, 0.3) is 0 Å². The molecule has 0 spiro atoms. The van der Waals surface area contributed by atoms with Crippen LogP contribution in [0, 0.1) is 64.3 Å². The van der Waals surface area contributed by atoms with Crippen molar-refractivity contribution in [3.63, 3.8) is 0 Å². The summed E-state index contributed by atoms with van der Waals surface area (Å²) in [6, 6.07) is 174. The van der Waals surface area contributed by atoms with E-state index in [1.807, 2.05) is 473 Å². The third kappa shape index (κ3) is 32.8. The Morgan fingerprint density at radius 1 is 0.125 bits per heavy atom. The topological polar surface area (TPSA) is 44.8 Å². The predicted molar refractivity (Wildman–Crippen MR) is 595 cm³/mol. The summed E-state index contributed by atoms with van der Waals surface area (Å²) in [5.74, 6) is 0. The molecule has 0 N–H and O–H groups in total. The van der Waals surface area contributed by atoms with Crippen LogP contribution in [0.4, 0.5) is 17.2 Å². The van der Waals surface area contributed by atoms with Crippen molar-refractivity contribution in [2.45, 2.75) is 0 Å². The van der Waals surface area contributed by atoms with Crippen molar-refractivity contribution in [3.05, 3.63) is 610 Å². The van der Waals surface area contributed by atoms with Crippen molar-refractivity contribution in [1.29, 1.82) is 0 Å². The second kappa shape index (κ2) is 56.5. The van der Waals surface area contributed by atoms with Gasteiger partial charge in [-0.1, -0.05) is 0 Å². The molecule has 0 aliphatic heterocycles. The Bertz CT molecular complexity index is 4860. The summed E-state index contributed by atoms with van der Waals surface area (Å²) in [7, 11) is 0. The van der Waals surface area contributed by atoms with Crippen LogP contribution in [0.5, 0.6) is 0 Å². The van der Waals surface area contributed by atoms with E-state index in [2.05, 4.69) is 72.8 Å². The third-order valence-electron chi connectivity index (χ3n) is 17.1. The predicted octanol–water partition coefficient (Wildman–Crippen LogP) is 35.1. The minimum atomic E-state index is -5.47. The summed E-state index contributed by atoms with van der Waals surface area (Å²) in [6.07, 6.45) is 0. The van der Waals surface area contributed by atoms with E-state index in [9.17, 15) is 17.2 Å². The average molecular weight is 2830 g/mol. The molecule has 656 valence electrons. The zero-order valence-corrected chi connectivity index (χ0v) is 90.7. The molecule has 4 nitrogen and oxygen atoms in total. The molecule has 0 atom stereocenters. The first-order valence-corrected chi connectivity index (χ1v) is 71.0.